The summed E-state index contributed by atoms with van der Waals surface area (Å²) >= 11 is 5.84. The quantitative estimate of drug-likeness (QED) is 0.415. The fraction of sp³-hybridized carbons (Fsp3) is 0.174. The van der Waals surface area contributed by atoms with E-state index in [1.165, 1.54) is 24.3 Å². The molecule has 0 saturated heterocycles. The van der Waals surface area contributed by atoms with Crippen LogP contribution in [-0.2, 0) is 27.5 Å². The topological polar surface area (TPSA) is 66.5 Å². The van der Waals surface area contributed by atoms with Crippen molar-refractivity contribution in [2.24, 2.45) is 0 Å². The molecule has 34 heavy (non-hydrogen) atoms. The lowest BCUT2D eigenvalue weighted by Gasteiger charge is -2.22. The van der Waals surface area contributed by atoms with E-state index in [9.17, 15) is 30.8 Å². The summed E-state index contributed by atoms with van der Waals surface area (Å²) in [5, 5.41) is 2.52. The Labute approximate surface area is 199 Å². The molecule has 0 aromatic heterocycles. The molecule has 0 aliphatic rings. The molecular weight excluding hydrogens is 496 g/mol. The monoisotopic (exact) mass is 514 g/mol. The van der Waals surface area contributed by atoms with E-state index in [-0.39, 0.29) is 17.1 Å². The third-order valence-electron chi connectivity index (χ3n) is 4.81. The molecular formula is C23H19ClF4N2O3S. The number of aryl methyl sites for hydroxylation is 1. The maximum absolute atomic E-state index is 13.5. The molecule has 0 spiro atoms. The number of carbonyl (C=O) groups is 1. The van der Waals surface area contributed by atoms with Crippen LogP contribution in [0.5, 0.6) is 0 Å². The maximum atomic E-state index is 13.5. The van der Waals surface area contributed by atoms with Crippen molar-refractivity contribution in [2.75, 3.05) is 11.9 Å². The fourth-order valence-corrected chi connectivity index (χ4v) is 4.57. The van der Waals surface area contributed by atoms with E-state index in [4.69, 9.17) is 11.6 Å². The molecule has 0 saturated carbocycles. The van der Waals surface area contributed by atoms with Crippen LogP contribution in [-0.4, -0.2) is 25.2 Å². The molecule has 0 aliphatic carbocycles. The minimum atomic E-state index is -4.96. The number of amides is 1. The van der Waals surface area contributed by atoms with Crippen molar-refractivity contribution in [1.82, 2.24) is 4.31 Å². The van der Waals surface area contributed by atoms with Gasteiger partial charge in [-0.1, -0.05) is 41.4 Å². The second-order valence-corrected chi connectivity index (χ2v) is 9.83. The highest BCUT2D eigenvalue weighted by atomic mass is 35.5. The van der Waals surface area contributed by atoms with Gasteiger partial charge in [0, 0.05) is 17.3 Å². The molecule has 3 aromatic carbocycles. The summed E-state index contributed by atoms with van der Waals surface area (Å²) in [5.74, 6) is -2.39. The van der Waals surface area contributed by atoms with Crippen molar-refractivity contribution in [3.05, 3.63) is 94.3 Å². The van der Waals surface area contributed by atoms with Crippen LogP contribution in [0, 0.1) is 12.7 Å². The zero-order chi connectivity index (χ0) is 25.1. The molecule has 11 heteroatoms. The highest BCUT2D eigenvalue weighted by Gasteiger charge is 2.34. The van der Waals surface area contributed by atoms with Crippen LogP contribution in [0.1, 0.15) is 16.7 Å². The lowest BCUT2D eigenvalue weighted by Crippen LogP contribution is -2.37. The number of carbonyl (C=O) groups excluding carboxylic acids is 1. The van der Waals surface area contributed by atoms with Crippen LogP contribution in [0.25, 0.3) is 0 Å². The molecule has 0 bridgehead atoms. The Hall–Kier alpha value is -2.95. The molecule has 5 nitrogen and oxygen atoms in total. The SMILES string of the molecule is Cc1ccc(CN(CC(=O)Nc2ccc(F)c(C(F)(F)F)c2)S(=O)(=O)c2ccc(Cl)cc2)cc1. The molecule has 3 rings (SSSR count). The summed E-state index contributed by atoms with van der Waals surface area (Å²) < 4.78 is 79.8. The van der Waals surface area contributed by atoms with E-state index in [0.29, 0.717) is 22.7 Å². The van der Waals surface area contributed by atoms with Gasteiger partial charge in [-0.15, -0.1) is 0 Å². The Bertz CT molecular complexity index is 1280. The van der Waals surface area contributed by atoms with Crippen molar-refractivity contribution in [3.63, 3.8) is 0 Å². The highest BCUT2D eigenvalue weighted by molar-refractivity contribution is 7.89. The summed E-state index contributed by atoms with van der Waals surface area (Å²) in [6, 6.07) is 14.3. The molecule has 180 valence electrons. The van der Waals surface area contributed by atoms with Crippen LogP contribution >= 0.6 is 11.6 Å². The van der Waals surface area contributed by atoms with Crippen molar-refractivity contribution in [3.8, 4) is 0 Å². The molecule has 1 N–H and O–H groups in total. The number of hydrogen-bond donors (Lipinski definition) is 1. The van der Waals surface area contributed by atoms with Gasteiger partial charge in [0.15, 0.2) is 0 Å². The van der Waals surface area contributed by atoms with E-state index >= 15 is 0 Å². The third-order valence-corrected chi connectivity index (χ3v) is 6.86. The van der Waals surface area contributed by atoms with E-state index < -0.39 is 40.0 Å². The van der Waals surface area contributed by atoms with Crippen LogP contribution in [0.2, 0.25) is 5.02 Å². The van der Waals surface area contributed by atoms with Gasteiger partial charge in [-0.25, -0.2) is 12.8 Å². The minimum absolute atomic E-state index is 0.113. The first-order chi connectivity index (χ1) is 15.9. The summed E-state index contributed by atoms with van der Waals surface area (Å²) in [6.07, 6.45) is -4.96. The number of hydrogen-bond acceptors (Lipinski definition) is 3. The van der Waals surface area contributed by atoms with E-state index in [1.807, 2.05) is 6.92 Å². The predicted octanol–water partition coefficient (Wildman–Crippen LogP) is 5.64. The van der Waals surface area contributed by atoms with E-state index in [0.717, 1.165) is 15.9 Å². The van der Waals surface area contributed by atoms with Crippen LogP contribution in [0.4, 0.5) is 23.2 Å². The van der Waals surface area contributed by atoms with E-state index in [2.05, 4.69) is 5.32 Å². The van der Waals surface area contributed by atoms with Crippen molar-refractivity contribution in [1.29, 1.82) is 0 Å². The van der Waals surface area contributed by atoms with Gasteiger partial charge < -0.3 is 5.32 Å². The van der Waals surface area contributed by atoms with Crippen molar-refractivity contribution in [2.45, 2.75) is 24.5 Å². The Morgan fingerprint density at radius 1 is 1.00 bits per heavy atom. The van der Waals surface area contributed by atoms with Crippen LogP contribution < -0.4 is 5.32 Å². The fourth-order valence-electron chi connectivity index (χ4n) is 3.06. The number of benzene rings is 3. The molecule has 0 aliphatic heterocycles. The zero-order valence-corrected chi connectivity index (χ0v) is 19.3. The van der Waals surface area contributed by atoms with Gasteiger partial charge in [-0.2, -0.15) is 17.5 Å². The maximum Gasteiger partial charge on any atom is 0.419 e. The van der Waals surface area contributed by atoms with Gasteiger partial charge in [0.1, 0.15) is 5.82 Å². The lowest BCUT2D eigenvalue weighted by atomic mass is 10.1. The Kier molecular flexibility index (Phi) is 7.64. The molecule has 0 heterocycles. The summed E-state index contributed by atoms with van der Waals surface area (Å²) in [4.78, 5) is 12.5. The Balaban J connectivity index is 1.88. The number of anilines is 1. The second kappa shape index (κ2) is 10.1. The van der Waals surface area contributed by atoms with Crippen molar-refractivity contribution >= 4 is 33.2 Å². The second-order valence-electron chi connectivity index (χ2n) is 7.45. The third kappa shape index (κ3) is 6.34. The number of nitrogens with one attached hydrogen (secondary N) is 1. The molecule has 0 fully saturated rings. The van der Waals surface area contributed by atoms with Crippen LogP contribution in [0.15, 0.2) is 71.6 Å². The van der Waals surface area contributed by atoms with Gasteiger partial charge in [0.05, 0.1) is 17.0 Å². The van der Waals surface area contributed by atoms with Crippen molar-refractivity contribution < 1.29 is 30.8 Å². The van der Waals surface area contributed by atoms with Gasteiger partial charge in [0.2, 0.25) is 15.9 Å². The summed E-state index contributed by atoms with van der Waals surface area (Å²) in [5.41, 5.74) is -0.323. The molecule has 3 aromatic rings. The first kappa shape index (κ1) is 25.7. The average Bonchev–Trinajstić information content (AvgIpc) is 2.75. The highest BCUT2D eigenvalue weighted by Crippen LogP contribution is 2.33. The number of nitrogens with zero attached hydrogens (tertiary/aromatic N) is 1. The van der Waals surface area contributed by atoms with Gasteiger partial charge in [-0.3, -0.25) is 4.79 Å². The van der Waals surface area contributed by atoms with Gasteiger partial charge in [0.25, 0.3) is 0 Å². The lowest BCUT2D eigenvalue weighted by molar-refractivity contribution is -0.140. The Morgan fingerprint density at radius 3 is 2.21 bits per heavy atom. The number of alkyl halides is 3. The standard InChI is InChI=1S/C23H19ClF4N2O3S/c1-15-2-4-16(5-3-15)13-30(34(32,33)19-9-6-17(24)7-10-19)14-22(31)29-18-8-11-21(25)20(12-18)23(26,27)28/h2-12H,13-14H2,1H3,(H,29,31). The number of rotatable bonds is 7. The van der Waals surface area contributed by atoms with Gasteiger partial charge >= 0.3 is 6.18 Å². The number of halogens is 5. The minimum Gasteiger partial charge on any atom is -0.325 e. The molecule has 1 amide bonds. The zero-order valence-electron chi connectivity index (χ0n) is 17.7. The average molecular weight is 515 g/mol. The van der Waals surface area contributed by atoms with Crippen LogP contribution in [0.3, 0.4) is 0 Å². The molecule has 0 unspecified atom stereocenters. The predicted molar refractivity (Wildman–Crippen MR) is 120 cm³/mol. The van der Waals surface area contributed by atoms with E-state index in [1.54, 1.807) is 24.3 Å². The summed E-state index contributed by atoms with van der Waals surface area (Å²) in [6.45, 7) is 0.991. The molecule has 0 radical (unpaired) electrons. The Morgan fingerprint density at radius 2 is 1.62 bits per heavy atom. The first-order valence-electron chi connectivity index (χ1n) is 9.84. The summed E-state index contributed by atoms with van der Waals surface area (Å²) in [7, 11) is -4.18. The smallest absolute Gasteiger partial charge is 0.325 e. The van der Waals surface area contributed by atoms with Gasteiger partial charge in [-0.05, 0) is 55.0 Å². The molecule has 0 atom stereocenters. The first-order valence-corrected chi connectivity index (χ1v) is 11.7. The number of sulfonamides is 1. The largest absolute Gasteiger partial charge is 0.419 e. The normalized spacial score (nSPS) is 12.1.